The molecule has 0 amide bonds. The minimum Gasteiger partial charge on any atom is -0.483 e. The van der Waals surface area contributed by atoms with Crippen molar-refractivity contribution in [2.75, 3.05) is 12.4 Å². The fraction of sp³-hybridized carbons (Fsp3) is 0.182. The highest BCUT2D eigenvalue weighted by atomic mass is 32.1. The first-order valence-electron chi connectivity index (χ1n) is 5.05. The molecule has 0 saturated heterocycles. The van der Waals surface area contributed by atoms with E-state index in [9.17, 15) is 4.39 Å². The molecule has 0 spiro atoms. The van der Waals surface area contributed by atoms with Gasteiger partial charge in [0.05, 0.1) is 11.6 Å². The van der Waals surface area contributed by atoms with Crippen LogP contribution in [0.2, 0.25) is 0 Å². The Morgan fingerprint density at radius 2 is 2.33 bits per heavy atom. The maximum atomic E-state index is 13.5. The minimum atomic E-state index is -0.563. The Bertz CT molecular complexity index is 593. The van der Waals surface area contributed by atoms with Gasteiger partial charge in [-0.15, -0.1) is 10.2 Å². The number of nitrogens with zero attached hydrogens (tertiary/aromatic N) is 3. The number of hydrogen-bond donors (Lipinski definition) is 1. The Hall–Kier alpha value is -2.20. The monoisotopic (exact) mass is 264 g/mol. The van der Waals surface area contributed by atoms with Crippen molar-refractivity contribution in [3.8, 4) is 11.8 Å². The third-order valence-corrected chi connectivity index (χ3v) is 3.01. The van der Waals surface area contributed by atoms with Crippen LogP contribution in [-0.2, 0) is 6.61 Å². The van der Waals surface area contributed by atoms with Crippen molar-refractivity contribution in [1.82, 2.24) is 10.2 Å². The van der Waals surface area contributed by atoms with E-state index in [2.05, 4.69) is 15.5 Å². The van der Waals surface area contributed by atoms with Crippen molar-refractivity contribution in [2.24, 2.45) is 0 Å². The molecule has 1 aromatic carbocycles. The Morgan fingerprint density at radius 3 is 2.94 bits per heavy atom. The predicted octanol–water partition coefficient (Wildman–Crippen LogP) is 2.17. The third-order valence-electron chi connectivity index (χ3n) is 2.09. The number of halogens is 1. The zero-order valence-corrected chi connectivity index (χ0v) is 10.3. The third kappa shape index (κ3) is 2.73. The smallest absolute Gasteiger partial charge is 0.205 e. The number of rotatable bonds is 4. The lowest BCUT2D eigenvalue weighted by atomic mass is 10.2. The van der Waals surface area contributed by atoms with E-state index in [4.69, 9.17) is 10.00 Å². The second-order valence-electron chi connectivity index (χ2n) is 3.30. The van der Waals surface area contributed by atoms with Crippen LogP contribution in [0.1, 0.15) is 10.6 Å². The molecule has 2 aromatic rings. The lowest BCUT2D eigenvalue weighted by Gasteiger charge is -2.04. The summed E-state index contributed by atoms with van der Waals surface area (Å²) < 4.78 is 18.8. The molecule has 0 radical (unpaired) electrons. The van der Waals surface area contributed by atoms with Gasteiger partial charge in [0.15, 0.2) is 16.6 Å². The second kappa shape index (κ2) is 5.42. The molecule has 0 saturated carbocycles. The first kappa shape index (κ1) is 12.3. The van der Waals surface area contributed by atoms with Crippen LogP contribution in [0.4, 0.5) is 9.52 Å². The normalized spacial score (nSPS) is 9.83. The number of aromatic nitrogens is 2. The summed E-state index contributed by atoms with van der Waals surface area (Å²) >= 11 is 1.33. The van der Waals surface area contributed by atoms with Crippen molar-refractivity contribution in [3.05, 3.63) is 34.6 Å². The molecule has 92 valence electrons. The van der Waals surface area contributed by atoms with Crippen LogP contribution in [0.3, 0.4) is 0 Å². The van der Waals surface area contributed by atoms with Crippen LogP contribution in [0.15, 0.2) is 18.2 Å². The van der Waals surface area contributed by atoms with E-state index >= 15 is 0 Å². The molecule has 1 aromatic heterocycles. The quantitative estimate of drug-likeness (QED) is 0.916. The molecule has 0 atom stereocenters. The van der Waals surface area contributed by atoms with E-state index in [0.717, 1.165) is 6.07 Å². The van der Waals surface area contributed by atoms with Gasteiger partial charge in [0.2, 0.25) is 5.13 Å². The van der Waals surface area contributed by atoms with Gasteiger partial charge in [0.1, 0.15) is 6.61 Å². The van der Waals surface area contributed by atoms with E-state index in [0.29, 0.717) is 10.1 Å². The number of benzene rings is 1. The second-order valence-corrected chi connectivity index (χ2v) is 4.36. The van der Waals surface area contributed by atoms with E-state index in [1.54, 1.807) is 7.05 Å². The van der Waals surface area contributed by atoms with Gasteiger partial charge in [-0.2, -0.15) is 5.26 Å². The van der Waals surface area contributed by atoms with E-state index in [1.165, 1.54) is 23.5 Å². The van der Waals surface area contributed by atoms with Gasteiger partial charge in [0, 0.05) is 7.05 Å². The number of hydrogen-bond acceptors (Lipinski definition) is 6. The van der Waals surface area contributed by atoms with Crippen molar-refractivity contribution in [2.45, 2.75) is 6.61 Å². The van der Waals surface area contributed by atoms with Crippen LogP contribution in [0.5, 0.6) is 5.75 Å². The average Bonchev–Trinajstić information content (AvgIpc) is 2.85. The summed E-state index contributed by atoms with van der Waals surface area (Å²) in [6.07, 6.45) is 0. The zero-order valence-electron chi connectivity index (χ0n) is 9.48. The first-order valence-corrected chi connectivity index (χ1v) is 5.87. The fourth-order valence-electron chi connectivity index (χ4n) is 1.24. The predicted molar refractivity (Wildman–Crippen MR) is 64.9 cm³/mol. The van der Waals surface area contributed by atoms with E-state index in [1.807, 2.05) is 6.07 Å². The highest BCUT2D eigenvalue weighted by Crippen LogP contribution is 2.21. The van der Waals surface area contributed by atoms with Crippen molar-refractivity contribution in [3.63, 3.8) is 0 Å². The molecule has 5 nitrogen and oxygen atoms in total. The summed E-state index contributed by atoms with van der Waals surface area (Å²) in [5, 5.41) is 20.5. The number of anilines is 1. The molecule has 1 N–H and O–H groups in total. The van der Waals surface area contributed by atoms with Gasteiger partial charge in [0.25, 0.3) is 0 Å². The standard InChI is InChI=1S/C11H9FN4OS/c1-14-11-16-15-10(18-11)6-17-9-3-2-7(5-13)4-8(9)12/h2-4H,6H2,1H3,(H,14,16). The Kier molecular flexibility index (Phi) is 3.69. The van der Waals surface area contributed by atoms with Crippen LogP contribution in [0, 0.1) is 17.1 Å². The molecule has 1 heterocycles. The van der Waals surface area contributed by atoms with Gasteiger partial charge in [-0.25, -0.2) is 4.39 Å². The van der Waals surface area contributed by atoms with Crippen LogP contribution in [0.25, 0.3) is 0 Å². The number of ether oxygens (including phenoxy) is 1. The van der Waals surface area contributed by atoms with Gasteiger partial charge >= 0.3 is 0 Å². The average molecular weight is 264 g/mol. The maximum Gasteiger partial charge on any atom is 0.205 e. The lowest BCUT2D eigenvalue weighted by Crippen LogP contribution is -1.97. The Balaban J connectivity index is 2.04. The molecule has 0 aliphatic rings. The summed E-state index contributed by atoms with van der Waals surface area (Å²) in [6, 6.07) is 5.91. The van der Waals surface area contributed by atoms with Crippen LogP contribution in [-0.4, -0.2) is 17.2 Å². The molecule has 18 heavy (non-hydrogen) atoms. The number of nitriles is 1. The molecular weight excluding hydrogens is 255 g/mol. The van der Waals surface area contributed by atoms with Crippen molar-refractivity contribution >= 4 is 16.5 Å². The largest absolute Gasteiger partial charge is 0.483 e. The molecule has 7 heteroatoms. The minimum absolute atomic E-state index is 0.0928. The highest BCUT2D eigenvalue weighted by Gasteiger charge is 2.07. The molecule has 0 bridgehead atoms. The Labute approximate surface area is 107 Å². The summed E-state index contributed by atoms with van der Waals surface area (Å²) in [4.78, 5) is 0. The van der Waals surface area contributed by atoms with Gasteiger partial charge in [-0.1, -0.05) is 11.3 Å². The lowest BCUT2D eigenvalue weighted by molar-refractivity contribution is 0.289. The summed E-state index contributed by atoms with van der Waals surface area (Å²) in [5.74, 6) is -0.470. The van der Waals surface area contributed by atoms with Gasteiger partial charge in [-0.3, -0.25) is 0 Å². The molecule has 0 unspecified atom stereocenters. The summed E-state index contributed by atoms with van der Waals surface area (Å²) in [5.41, 5.74) is 0.258. The van der Waals surface area contributed by atoms with Crippen molar-refractivity contribution in [1.29, 1.82) is 5.26 Å². The van der Waals surface area contributed by atoms with Crippen LogP contribution < -0.4 is 10.1 Å². The number of nitrogens with one attached hydrogen (secondary N) is 1. The van der Waals surface area contributed by atoms with E-state index in [-0.39, 0.29) is 17.9 Å². The van der Waals surface area contributed by atoms with Crippen molar-refractivity contribution < 1.29 is 9.13 Å². The topological polar surface area (TPSA) is 70.8 Å². The van der Waals surface area contributed by atoms with Gasteiger partial charge in [-0.05, 0) is 18.2 Å². The molecule has 0 aliphatic carbocycles. The Morgan fingerprint density at radius 1 is 1.50 bits per heavy atom. The maximum absolute atomic E-state index is 13.5. The molecular formula is C11H9FN4OS. The fourth-order valence-corrected chi connectivity index (χ4v) is 1.85. The summed E-state index contributed by atoms with van der Waals surface area (Å²) in [7, 11) is 1.74. The SMILES string of the molecule is CNc1nnc(COc2ccc(C#N)cc2F)s1. The van der Waals surface area contributed by atoms with Gasteiger partial charge < -0.3 is 10.1 Å². The summed E-state index contributed by atoms with van der Waals surface area (Å²) in [6.45, 7) is 0.141. The molecule has 0 aliphatic heterocycles. The molecule has 2 rings (SSSR count). The highest BCUT2D eigenvalue weighted by molar-refractivity contribution is 7.15. The van der Waals surface area contributed by atoms with E-state index < -0.39 is 5.82 Å². The van der Waals surface area contributed by atoms with Crippen LogP contribution >= 0.6 is 11.3 Å². The first-order chi connectivity index (χ1) is 8.72. The molecule has 0 fully saturated rings. The zero-order chi connectivity index (χ0) is 13.0.